The third-order valence-electron chi connectivity index (χ3n) is 4.04. The molecule has 1 atom stereocenters. The zero-order chi connectivity index (χ0) is 16.2. The van der Waals surface area contributed by atoms with Gasteiger partial charge in [0.25, 0.3) is 0 Å². The molecule has 1 saturated heterocycles. The first-order valence-corrected chi connectivity index (χ1v) is 7.66. The molecular weight excluding hydrogens is 294 g/mol. The van der Waals surface area contributed by atoms with Crippen molar-refractivity contribution in [1.29, 1.82) is 0 Å². The Labute approximate surface area is 134 Å². The van der Waals surface area contributed by atoms with Gasteiger partial charge in [0.1, 0.15) is 11.3 Å². The van der Waals surface area contributed by atoms with Gasteiger partial charge in [-0.1, -0.05) is 30.3 Å². The summed E-state index contributed by atoms with van der Waals surface area (Å²) in [6.45, 7) is 3.19. The van der Waals surface area contributed by atoms with E-state index >= 15 is 0 Å². The zero-order valence-corrected chi connectivity index (χ0v) is 13.0. The molecule has 1 amide bonds. The number of ether oxygens (including phenoxy) is 1. The highest BCUT2D eigenvalue weighted by molar-refractivity contribution is 5.90. The second-order valence-electron chi connectivity index (χ2n) is 5.82. The molecule has 1 aromatic heterocycles. The van der Waals surface area contributed by atoms with Crippen LogP contribution in [-0.2, 0) is 16.1 Å². The summed E-state index contributed by atoms with van der Waals surface area (Å²) in [5.41, 5.74) is 1.54. The predicted molar refractivity (Wildman–Crippen MR) is 83.7 cm³/mol. The third kappa shape index (κ3) is 3.62. The van der Waals surface area contributed by atoms with Crippen LogP contribution in [0.15, 0.2) is 47.1 Å². The molecule has 120 valence electrons. The minimum atomic E-state index is -0.398. The SMILES string of the molecule is Cc1occc1C(=O)OCC1CC(=O)N(Cc2ccccc2)C1. The van der Waals surface area contributed by atoms with E-state index in [2.05, 4.69) is 0 Å². The molecule has 1 unspecified atom stereocenters. The zero-order valence-electron chi connectivity index (χ0n) is 13.0. The van der Waals surface area contributed by atoms with E-state index in [-0.39, 0.29) is 18.4 Å². The van der Waals surface area contributed by atoms with Crippen LogP contribution in [0.5, 0.6) is 0 Å². The molecule has 1 fully saturated rings. The molecule has 0 spiro atoms. The number of hydrogen-bond donors (Lipinski definition) is 0. The standard InChI is InChI=1S/C18H19NO4/c1-13-16(7-8-22-13)18(21)23-12-15-9-17(20)19(11-15)10-14-5-3-2-4-6-14/h2-8,15H,9-12H2,1H3. The molecule has 0 bridgehead atoms. The van der Waals surface area contributed by atoms with Crippen molar-refractivity contribution in [1.82, 2.24) is 4.90 Å². The van der Waals surface area contributed by atoms with Crippen LogP contribution in [0.1, 0.15) is 28.1 Å². The highest BCUT2D eigenvalue weighted by atomic mass is 16.5. The molecule has 5 nitrogen and oxygen atoms in total. The number of esters is 1. The molecule has 5 heteroatoms. The maximum atomic E-state index is 12.1. The second kappa shape index (κ2) is 6.69. The van der Waals surface area contributed by atoms with E-state index in [4.69, 9.17) is 9.15 Å². The van der Waals surface area contributed by atoms with E-state index in [9.17, 15) is 9.59 Å². The fourth-order valence-corrected chi connectivity index (χ4v) is 2.79. The maximum Gasteiger partial charge on any atom is 0.341 e. The fourth-order valence-electron chi connectivity index (χ4n) is 2.79. The Bertz CT molecular complexity index is 692. The summed E-state index contributed by atoms with van der Waals surface area (Å²) >= 11 is 0. The van der Waals surface area contributed by atoms with E-state index in [0.717, 1.165) is 5.56 Å². The smallest absolute Gasteiger partial charge is 0.341 e. The number of likely N-dealkylation sites (tertiary alicyclic amines) is 1. The van der Waals surface area contributed by atoms with Crippen molar-refractivity contribution in [2.75, 3.05) is 13.2 Å². The lowest BCUT2D eigenvalue weighted by atomic mass is 10.1. The number of hydrogen-bond acceptors (Lipinski definition) is 4. The molecule has 1 aromatic carbocycles. The lowest BCUT2D eigenvalue weighted by Crippen LogP contribution is -2.25. The highest BCUT2D eigenvalue weighted by Gasteiger charge is 2.30. The maximum absolute atomic E-state index is 12.1. The number of rotatable bonds is 5. The molecule has 0 aliphatic carbocycles. The lowest BCUT2D eigenvalue weighted by molar-refractivity contribution is -0.128. The Morgan fingerprint density at radius 3 is 2.78 bits per heavy atom. The van der Waals surface area contributed by atoms with Gasteiger partial charge in [0, 0.05) is 25.4 Å². The first-order chi connectivity index (χ1) is 11.1. The van der Waals surface area contributed by atoms with Gasteiger partial charge in [-0.05, 0) is 18.6 Å². The van der Waals surface area contributed by atoms with E-state index in [1.165, 1.54) is 6.26 Å². The van der Waals surface area contributed by atoms with Crippen molar-refractivity contribution in [3.05, 3.63) is 59.5 Å². The van der Waals surface area contributed by atoms with E-state index in [1.807, 2.05) is 35.2 Å². The van der Waals surface area contributed by atoms with Gasteiger partial charge < -0.3 is 14.1 Å². The van der Waals surface area contributed by atoms with Crippen LogP contribution in [0.25, 0.3) is 0 Å². The Morgan fingerprint density at radius 1 is 1.30 bits per heavy atom. The summed E-state index contributed by atoms with van der Waals surface area (Å²) in [5, 5.41) is 0. The first-order valence-electron chi connectivity index (χ1n) is 7.66. The van der Waals surface area contributed by atoms with Gasteiger partial charge in [0.2, 0.25) is 5.91 Å². The molecule has 1 aliphatic rings. The average Bonchev–Trinajstić information content (AvgIpc) is 3.12. The summed E-state index contributed by atoms with van der Waals surface area (Å²) in [7, 11) is 0. The Balaban J connectivity index is 1.52. The van der Waals surface area contributed by atoms with Gasteiger partial charge in [-0.3, -0.25) is 4.79 Å². The summed E-state index contributed by atoms with van der Waals surface area (Å²) in [6, 6.07) is 11.5. The van der Waals surface area contributed by atoms with Gasteiger partial charge in [-0.2, -0.15) is 0 Å². The lowest BCUT2D eigenvalue weighted by Gasteiger charge is -2.16. The summed E-state index contributed by atoms with van der Waals surface area (Å²) in [5.74, 6) is 0.296. The van der Waals surface area contributed by atoms with Crippen molar-refractivity contribution < 1.29 is 18.7 Å². The minimum absolute atomic E-state index is 0.0439. The molecule has 3 rings (SSSR count). The first kappa shape index (κ1) is 15.3. The number of benzene rings is 1. The predicted octanol–water partition coefficient (Wildman–Crippen LogP) is 2.79. The number of nitrogens with zero attached hydrogens (tertiary/aromatic N) is 1. The van der Waals surface area contributed by atoms with E-state index in [1.54, 1.807) is 13.0 Å². The van der Waals surface area contributed by atoms with Crippen LogP contribution in [-0.4, -0.2) is 29.9 Å². The van der Waals surface area contributed by atoms with Crippen LogP contribution in [0.2, 0.25) is 0 Å². The number of amides is 1. The molecule has 1 aliphatic heterocycles. The molecule has 23 heavy (non-hydrogen) atoms. The van der Waals surface area contributed by atoms with Gasteiger partial charge in [-0.15, -0.1) is 0 Å². The number of carbonyl (C=O) groups excluding carboxylic acids is 2. The van der Waals surface area contributed by atoms with E-state index < -0.39 is 5.97 Å². The van der Waals surface area contributed by atoms with Crippen LogP contribution in [0.4, 0.5) is 0 Å². The third-order valence-corrected chi connectivity index (χ3v) is 4.04. The van der Waals surface area contributed by atoms with Gasteiger partial charge in [-0.25, -0.2) is 4.79 Å². The molecule has 0 radical (unpaired) electrons. The molecule has 2 aromatic rings. The van der Waals surface area contributed by atoms with Crippen LogP contribution in [0.3, 0.4) is 0 Å². The van der Waals surface area contributed by atoms with Crippen LogP contribution < -0.4 is 0 Å². The number of aryl methyl sites for hydroxylation is 1. The Kier molecular flexibility index (Phi) is 4.46. The molecular formula is C18H19NO4. The average molecular weight is 313 g/mol. The van der Waals surface area contributed by atoms with Crippen molar-refractivity contribution >= 4 is 11.9 Å². The quantitative estimate of drug-likeness (QED) is 0.796. The Hall–Kier alpha value is -2.56. The summed E-state index contributed by atoms with van der Waals surface area (Å²) in [6.07, 6.45) is 1.89. The largest absolute Gasteiger partial charge is 0.469 e. The summed E-state index contributed by atoms with van der Waals surface area (Å²) in [4.78, 5) is 25.9. The highest BCUT2D eigenvalue weighted by Crippen LogP contribution is 2.21. The van der Waals surface area contributed by atoms with Crippen molar-refractivity contribution in [3.63, 3.8) is 0 Å². The summed E-state index contributed by atoms with van der Waals surface area (Å²) < 4.78 is 10.4. The Morgan fingerprint density at radius 2 is 2.09 bits per heavy atom. The van der Waals surface area contributed by atoms with Gasteiger partial charge in [0.05, 0.1) is 12.9 Å². The number of carbonyl (C=O) groups is 2. The normalized spacial score (nSPS) is 17.5. The second-order valence-corrected chi connectivity index (χ2v) is 5.82. The van der Waals surface area contributed by atoms with Gasteiger partial charge >= 0.3 is 5.97 Å². The van der Waals surface area contributed by atoms with Crippen LogP contribution >= 0.6 is 0 Å². The van der Waals surface area contributed by atoms with Crippen molar-refractivity contribution in [2.45, 2.75) is 19.9 Å². The van der Waals surface area contributed by atoms with E-state index in [0.29, 0.717) is 30.8 Å². The van der Waals surface area contributed by atoms with Gasteiger partial charge in [0.15, 0.2) is 0 Å². The topological polar surface area (TPSA) is 59.8 Å². The molecule has 0 saturated carbocycles. The molecule has 0 N–H and O–H groups in total. The minimum Gasteiger partial charge on any atom is -0.469 e. The molecule has 2 heterocycles. The monoisotopic (exact) mass is 313 g/mol. The van der Waals surface area contributed by atoms with Crippen molar-refractivity contribution in [2.24, 2.45) is 5.92 Å². The fraction of sp³-hybridized carbons (Fsp3) is 0.333. The van der Waals surface area contributed by atoms with Crippen LogP contribution in [0, 0.1) is 12.8 Å². The number of furan rings is 1. The van der Waals surface area contributed by atoms with Crippen molar-refractivity contribution in [3.8, 4) is 0 Å².